The minimum atomic E-state index is -0.225. The van der Waals surface area contributed by atoms with Gasteiger partial charge in [-0.3, -0.25) is 4.79 Å². The van der Waals surface area contributed by atoms with Crippen molar-refractivity contribution in [3.8, 4) is 22.8 Å². The van der Waals surface area contributed by atoms with Gasteiger partial charge in [-0.25, -0.2) is 4.98 Å². The molecule has 1 unspecified atom stereocenters. The number of rotatable bonds is 3. The molecule has 7 nitrogen and oxygen atoms in total. The fraction of sp³-hybridized carbons (Fsp3) is 0.375. The molecule has 0 saturated carbocycles. The quantitative estimate of drug-likeness (QED) is 0.837. The molecule has 2 aliphatic rings. The Morgan fingerprint density at radius 1 is 1.20 bits per heavy atom. The van der Waals surface area contributed by atoms with E-state index in [2.05, 4.69) is 15.6 Å². The molecule has 2 N–H and O–H groups in total. The zero-order valence-electron chi connectivity index (χ0n) is 13.3. The first kappa shape index (κ1) is 19.4. The average Bonchev–Trinajstić information content (AvgIpc) is 3.25. The van der Waals surface area contributed by atoms with E-state index in [1.165, 1.54) is 6.39 Å². The summed E-state index contributed by atoms with van der Waals surface area (Å²) in [6.45, 7) is 2.74. The van der Waals surface area contributed by atoms with Crippen molar-refractivity contribution in [1.82, 2.24) is 15.6 Å². The number of fused-ring (bicyclic) bond motifs is 1. The lowest BCUT2D eigenvalue weighted by molar-refractivity contribution is 0.0936. The molecule has 0 aliphatic carbocycles. The molecule has 2 aliphatic heterocycles. The van der Waals surface area contributed by atoms with Crippen molar-refractivity contribution >= 4 is 30.7 Å². The summed E-state index contributed by atoms with van der Waals surface area (Å²) in [5, 5.41) is 6.19. The molecule has 1 aromatic carbocycles. The van der Waals surface area contributed by atoms with Gasteiger partial charge in [0.25, 0.3) is 5.91 Å². The van der Waals surface area contributed by atoms with Gasteiger partial charge in [0.05, 0.1) is 0 Å². The maximum absolute atomic E-state index is 12.4. The van der Waals surface area contributed by atoms with Gasteiger partial charge >= 0.3 is 0 Å². The predicted molar refractivity (Wildman–Crippen MR) is 96.2 cm³/mol. The Morgan fingerprint density at radius 3 is 2.76 bits per heavy atom. The minimum Gasteiger partial charge on any atom is -0.486 e. The fourth-order valence-electron chi connectivity index (χ4n) is 2.83. The van der Waals surface area contributed by atoms with Crippen molar-refractivity contribution in [2.45, 2.75) is 12.5 Å². The highest BCUT2D eigenvalue weighted by atomic mass is 35.5. The minimum absolute atomic E-state index is 0. The molecular formula is C16H19Cl2N3O4. The highest BCUT2D eigenvalue weighted by Crippen LogP contribution is 2.35. The van der Waals surface area contributed by atoms with E-state index < -0.39 is 0 Å². The van der Waals surface area contributed by atoms with Gasteiger partial charge in [0, 0.05) is 18.2 Å². The number of benzene rings is 1. The summed E-state index contributed by atoms with van der Waals surface area (Å²) in [6.07, 6.45) is 2.21. The first-order valence-electron chi connectivity index (χ1n) is 7.66. The second-order valence-corrected chi connectivity index (χ2v) is 5.55. The standard InChI is InChI=1S/C16H17N3O4.2ClH/c20-16(19-11-3-4-17-8-11)14-15(23-9-18-14)10-1-2-12-13(7-10)22-6-5-21-12;;/h1-2,7,9,11,17H,3-6,8H2,(H,19,20);2*1H. The average molecular weight is 388 g/mol. The molecule has 2 aromatic rings. The Morgan fingerprint density at radius 2 is 2.00 bits per heavy atom. The lowest BCUT2D eigenvalue weighted by Gasteiger charge is -2.18. The number of aromatic nitrogens is 1. The molecule has 0 spiro atoms. The molecule has 0 radical (unpaired) electrons. The van der Waals surface area contributed by atoms with Crippen LogP contribution < -0.4 is 20.1 Å². The summed E-state index contributed by atoms with van der Waals surface area (Å²) in [5.41, 5.74) is 1.02. The van der Waals surface area contributed by atoms with E-state index in [0.717, 1.165) is 25.1 Å². The molecule has 1 fully saturated rings. The molecule has 1 atom stereocenters. The van der Waals surface area contributed by atoms with E-state index in [0.29, 0.717) is 30.5 Å². The smallest absolute Gasteiger partial charge is 0.274 e. The van der Waals surface area contributed by atoms with Gasteiger partial charge in [0.15, 0.2) is 29.3 Å². The van der Waals surface area contributed by atoms with Gasteiger partial charge < -0.3 is 24.5 Å². The number of hydrogen-bond donors (Lipinski definition) is 2. The van der Waals surface area contributed by atoms with Crippen LogP contribution in [0.5, 0.6) is 11.5 Å². The molecule has 25 heavy (non-hydrogen) atoms. The van der Waals surface area contributed by atoms with E-state index in [-0.39, 0.29) is 42.5 Å². The van der Waals surface area contributed by atoms with Crippen LogP contribution in [0.1, 0.15) is 16.9 Å². The van der Waals surface area contributed by atoms with Crippen LogP contribution in [0.15, 0.2) is 29.0 Å². The van der Waals surface area contributed by atoms with Gasteiger partial charge in [0.2, 0.25) is 0 Å². The fourth-order valence-corrected chi connectivity index (χ4v) is 2.83. The molecule has 9 heteroatoms. The zero-order valence-corrected chi connectivity index (χ0v) is 15.0. The van der Waals surface area contributed by atoms with Crippen LogP contribution in [0.3, 0.4) is 0 Å². The van der Waals surface area contributed by atoms with Crippen molar-refractivity contribution in [2.75, 3.05) is 26.3 Å². The summed E-state index contributed by atoms with van der Waals surface area (Å²) < 4.78 is 16.5. The second-order valence-electron chi connectivity index (χ2n) is 5.55. The number of carbonyl (C=O) groups is 1. The van der Waals surface area contributed by atoms with Gasteiger partial charge in [0.1, 0.15) is 13.2 Å². The van der Waals surface area contributed by atoms with Crippen LogP contribution in [0.2, 0.25) is 0 Å². The maximum atomic E-state index is 12.4. The molecule has 0 bridgehead atoms. The predicted octanol–water partition coefficient (Wildman–Crippen LogP) is 2.05. The third kappa shape index (κ3) is 4.00. The highest BCUT2D eigenvalue weighted by Gasteiger charge is 2.24. The van der Waals surface area contributed by atoms with Gasteiger partial charge in [-0.2, -0.15) is 0 Å². The first-order valence-corrected chi connectivity index (χ1v) is 7.66. The number of oxazole rings is 1. The topological polar surface area (TPSA) is 85.6 Å². The van der Waals surface area contributed by atoms with Crippen molar-refractivity contribution in [3.63, 3.8) is 0 Å². The van der Waals surface area contributed by atoms with Crippen molar-refractivity contribution in [1.29, 1.82) is 0 Å². The van der Waals surface area contributed by atoms with E-state index in [9.17, 15) is 4.79 Å². The van der Waals surface area contributed by atoms with Crippen molar-refractivity contribution in [3.05, 3.63) is 30.3 Å². The molecule has 1 amide bonds. The molecule has 4 rings (SSSR count). The summed E-state index contributed by atoms with van der Waals surface area (Å²) in [4.78, 5) is 16.5. The number of carbonyl (C=O) groups excluding carboxylic acids is 1. The summed E-state index contributed by atoms with van der Waals surface area (Å²) in [7, 11) is 0. The Hall–Kier alpha value is -1.96. The van der Waals surface area contributed by atoms with Crippen LogP contribution in [0.25, 0.3) is 11.3 Å². The third-order valence-corrected chi connectivity index (χ3v) is 3.98. The molecule has 3 heterocycles. The lowest BCUT2D eigenvalue weighted by atomic mass is 10.1. The number of ether oxygens (including phenoxy) is 2. The van der Waals surface area contributed by atoms with Gasteiger partial charge in [-0.05, 0) is 31.2 Å². The number of amides is 1. The highest BCUT2D eigenvalue weighted by molar-refractivity contribution is 5.97. The van der Waals surface area contributed by atoms with Gasteiger partial charge in [-0.1, -0.05) is 0 Å². The van der Waals surface area contributed by atoms with E-state index in [1.807, 2.05) is 18.2 Å². The monoisotopic (exact) mass is 387 g/mol. The number of nitrogens with one attached hydrogen (secondary N) is 2. The molecule has 136 valence electrons. The Bertz CT molecular complexity index is 732. The van der Waals surface area contributed by atoms with E-state index in [4.69, 9.17) is 13.9 Å². The Labute approximate surface area is 157 Å². The molecule has 1 saturated heterocycles. The first-order chi connectivity index (χ1) is 11.3. The van der Waals surface area contributed by atoms with Crippen molar-refractivity contribution < 1.29 is 18.7 Å². The van der Waals surface area contributed by atoms with Crippen LogP contribution in [-0.4, -0.2) is 43.2 Å². The molecular weight excluding hydrogens is 369 g/mol. The van der Waals surface area contributed by atoms with Crippen LogP contribution in [0, 0.1) is 0 Å². The van der Waals surface area contributed by atoms with Crippen LogP contribution in [-0.2, 0) is 0 Å². The van der Waals surface area contributed by atoms with Gasteiger partial charge in [-0.15, -0.1) is 24.8 Å². The molecule has 1 aromatic heterocycles. The zero-order chi connectivity index (χ0) is 15.6. The van der Waals surface area contributed by atoms with Crippen LogP contribution >= 0.6 is 24.8 Å². The Kier molecular flexibility index (Phi) is 6.52. The van der Waals surface area contributed by atoms with Crippen molar-refractivity contribution in [2.24, 2.45) is 0 Å². The summed E-state index contributed by atoms with van der Waals surface area (Å²) in [6, 6.07) is 5.59. The summed E-state index contributed by atoms with van der Waals surface area (Å²) in [5.74, 6) is 1.56. The second kappa shape index (κ2) is 8.42. The van der Waals surface area contributed by atoms with E-state index >= 15 is 0 Å². The SMILES string of the molecule is Cl.Cl.O=C(NC1CCNC1)c1ncoc1-c1ccc2c(c1)OCCO2. The maximum Gasteiger partial charge on any atom is 0.274 e. The van der Waals surface area contributed by atoms with E-state index in [1.54, 1.807) is 0 Å². The summed E-state index contributed by atoms with van der Waals surface area (Å²) >= 11 is 0. The number of nitrogens with zero attached hydrogens (tertiary/aromatic N) is 1. The van der Waals surface area contributed by atoms with Crippen LogP contribution in [0.4, 0.5) is 0 Å². The number of hydrogen-bond acceptors (Lipinski definition) is 6. The largest absolute Gasteiger partial charge is 0.486 e. The lowest BCUT2D eigenvalue weighted by Crippen LogP contribution is -2.36. The Balaban J connectivity index is 0.00000113. The third-order valence-electron chi connectivity index (χ3n) is 3.98. The normalized spacial score (nSPS) is 18.0. The number of halogens is 2.